The maximum absolute atomic E-state index is 9.88. The minimum Gasteiger partial charge on any atom is -0.394 e. The highest BCUT2D eigenvalue weighted by Crippen LogP contribution is 2.18. The fourth-order valence-electron chi connectivity index (χ4n) is 1.83. The molecule has 6 heteroatoms. The molecule has 4 atom stereocenters. The first-order chi connectivity index (χ1) is 8.22. The van der Waals surface area contributed by atoms with Crippen LogP contribution in [-0.4, -0.2) is 57.9 Å². The minimum atomic E-state index is -1.09. The molecule has 1 aliphatic rings. The fourth-order valence-corrected chi connectivity index (χ4v) is 1.83. The summed E-state index contributed by atoms with van der Waals surface area (Å²) in [6, 6.07) is 3.12. The number of rotatable bonds is 3. The van der Waals surface area contributed by atoms with Crippen molar-refractivity contribution in [1.29, 1.82) is 0 Å². The minimum absolute atomic E-state index is 0.228. The average Bonchev–Trinajstić information content (AvgIpc) is 2.37. The van der Waals surface area contributed by atoms with E-state index in [-0.39, 0.29) is 13.2 Å². The summed E-state index contributed by atoms with van der Waals surface area (Å²) in [5.41, 5.74) is 0.794. The van der Waals surface area contributed by atoms with E-state index >= 15 is 0 Å². The molecule has 0 unspecified atom stereocenters. The number of hydrogen-bond acceptors (Lipinski definition) is 6. The molecule has 2 heterocycles. The molecule has 1 aliphatic heterocycles. The molecule has 2 rings (SSSR count). The summed E-state index contributed by atoms with van der Waals surface area (Å²) in [5, 5.41) is 31.6. The van der Waals surface area contributed by atoms with Gasteiger partial charge in [-0.25, -0.2) is 0 Å². The molecule has 0 amide bonds. The number of nitrogens with one attached hydrogen (secondary N) is 1. The quantitative estimate of drug-likeness (QED) is 0.540. The van der Waals surface area contributed by atoms with E-state index in [2.05, 4.69) is 10.3 Å². The lowest BCUT2D eigenvalue weighted by Gasteiger charge is -2.37. The van der Waals surface area contributed by atoms with Crippen LogP contribution in [0.4, 0.5) is 5.69 Å². The average molecular weight is 240 g/mol. The number of ether oxygens (including phenoxy) is 1. The molecule has 1 aromatic rings. The van der Waals surface area contributed by atoms with E-state index < -0.39 is 24.4 Å². The first-order valence-electron chi connectivity index (χ1n) is 5.47. The van der Waals surface area contributed by atoms with Gasteiger partial charge in [0, 0.05) is 18.1 Å². The zero-order valence-electron chi connectivity index (χ0n) is 9.23. The van der Waals surface area contributed by atoms with Gasteiger partial charge in [-0.1, -0.05) is 0 Å². The van der Waals surface area contributed by atoms with Gasteiger partial charge in [0.15, 0.2) is 0 Å². The Kier molecular flexibility index (Phi) is 3.90. The molecule has 1 aromatic heterocycles. The number of anilines is 1. The maximum Gasteiger partial charge on any atom is 0.110 e. The zero-order valence-corrected chi connectivity index (χ0v) is 9.23. The lowest BCUT2D eigenvalue weighted by atomic mass is 9.98. The molecule has 0 bridgehead atoms. The monoisotopic (exact) mass is 240 g/mol. The van der Waals surface area contributed by atoms with Crippen LogP contribution in [0.2, 0.25) is 0 Å². The van der Waals surface area contributed by atoms with Crippen molar-refractivity contribution in [3.05, 3.63) is 24.5 Å². The van der Waals surface area contributed by atoms with Gasteiger partial charge >= 0.3 is 0 Å². The van der Waals surface area contributed by atoms with E-state index in [1.807, 2.05) is 0 Å². The van der Waals surface area contributed by atoms with Crippen molar-refractivity contribution in [1.82, 2.24) is 4.98 Å². The zero-order chi connectivity index (χ0) is 12.3. The van der Waals surface area contributed by atoms with Crippen LogP contribution in [-0.2, 0) is 4.74 Å². The first kappa shape index (κ1) is 12.3. The van der Waals surface area contributed by atoms with Crippen LogP contribution < -0.4 is 5.32 Å². The van der Waals surface area contributed by atoms with Gasteiger partial charge in [-0.2, -0.15) is 0 Å². The van der Waals surface area contributed by atoms with E-state index in [1.54, 1.807) is 24.5 Å². The number of hydrogen-bond donors (Lipinski definition) is 4. The largest absolute Gasteiger partial charge is 0.394 e. The molecule has 1 fully saturated rings. The molecule has 0 aromatic carbocycles. The molecule has 0 saturated carbocycles. The summed E-state index contributed by atoms with van der Waals surface area (Å²) in [5.74, 6) is 0. The van der Waals surface area contributed by atoms with Gasteiger partial charge in [-0.15, -0.1) is 0 Å². The van der Waals surface area contributed by atoms with Crippen molar-refractivity contribution in [3.8, 4) is 0 Å². The Morgan fingerprint density at radius 2 is 2.00 bits per heavy atom. The predicted octanol–water partition coefficient (Wildman–Crippen LogP) is -1.03. The van der Waals surface area contributed by atoms with Crippen LogP contribution in [0.5, 0.6) is 0 Å². The molecule has 94 valence electrons. The number of aromatic nitrogens is 1. The third-order valence-corrected chi connectivity index (χ3v) is 2.85. The van der Waals surface area contributed by atoms with Gasteiger partial charge in [0.2, 0.25) is 0 Å². The molecule has 0 radical (unpaired) electrons. The first-order valence-corrected chi connectivity index (χ1v) is 5.47. The Hall–Kier alpha value is -1.21. The van der Waals surface area contributed by atoms with Crippen LogP contribution in [0, 0.1) is 0 Å². The third kappa shape index (κ3) is 2.73. The number of aliphatic hydroxyl groups is 3. The molecule has 1 saturated heterocycles. The highest BCUT2D eigenvalue weighted by Gasteiger charge is 2.37. The third-order valence-electron chi connectivity index (χ3n) is 2.85. The van der Waals surface area contributed by atoms with Crippen LogP contribution in [0.1, 0.15) is 0 Å². The Balaban J connectivity index is 1.99. The van der Waals surface area contributed by atoms with Crippen molar-refractivity contribution < 1.29 is 20.1 Å². The van der Waals surface area contributed by atoms with E-state index in [1.165, 1.54) is 0 Å². The smallest absolute Gasteiger partial charge is 0.110 e. The van der Waals surface area contributed by atoms with Gasteiger partial charge in [0.25, 0.3) is 0 Å². The maximum atomic E-state index is 9.88. The van der Waals surface area contributed by atoms with Crippen molar-refractivity contribution in [2.45, 2.75) is 24.4 Å². The summed E-state index contributed by atoms with van der Waals surface area (Å²) in [6.07, 6.45) is 0.471. The number of aliphatic hydroxyl groups excluding tert-OH is 3. The normalized spacial score (nSPS) is 33.4. The second-order valence-corrected chi connectivity index (χ2v) is 4.02. The predicted molar refractivity (Wildman–Crippen MR) is 60.5 cm³/mol. The number of pyridine rings is 1. The Morgan fingerprint density at radius 3 is 2.65 bits per heavy atom. The Labute approximate surface area is 98.9 Å². The van der Waals surface area contributed by atoms with Crippen molar-refractivity contribution in [2.75, 3.05) is 18.5 Å². The van der Waals surface area contributed by atoms with Crippen LogP contribution >= 0.6 is 0 Å². The van der Waals surface area contributed by atoms with Crippen molar-refractivity contribution in [2.24, 2.45) is 0 Å². The molecule has 4 N–H and O–H groups in total. The second kappa shape index (κ2) is 5.42. The molecular formula is C11H16N2O4. The fraction of sp³-hybridized carbons (Fsp3) is 0.545. The highest BCUT2D eigenvalue weighted by atomic mass is 16.5. The van der Waals surface area contributed by atoms with Crippen molar-refractivity contribution >= 4 is 5.69 Å². The summed E-state index contributed by atoms with van der Waals surface area (Å²) in [4.78, 5) is 3.88. The summed E-state index contributed by atoms with van der Waals surface area (Å²) in [6.45, 7) is -0.0774. The topological polar surface area (TPSA) is 94.8 Å². The Bertz CT molecular complexity index is 349. The number of nitrogens with zero attached hydrogens (tertiary/aromatic N) is 1. The van der Waals surface area contributed by atoms with Gasteiger partial charge in [0.05, 0.1) is 19.3 Å². The van der Waals surface area contributed by atoms with Gasteiger partial charge in [-0.3, -0.25) is 4.98 Å². The van der Waals surface area contributed by atoms with Gasteiger partial charge < -0.3 is 25.4 Å². The molecular weight excluding hydrogens is 224 g/mol. The SMILES string of the molecule is OC[C@H]1OC[C@@H](Nc2ccncc2)[C@@H](O)[C@H]1O. The van der Waals surface area contributed by atoms with Crippen LogP contribution in [0.15, 0.2) is 24.5 Å². The lowest BCUT2D eigenvalue weighted by Crippen LogP contribution is -2.56. The van der Waals surface area contributed by atoms with E-state index in [4.69, 9.17) is 9.84 Å². The van der Waals surface area contributed by atoms with E-state index in [0.717, 1.165) is 5.69 Å². The summed E-state index contributed by atoms with van der Waals surface area (Å²) < 4.78 is 5.26. The van der Waals surface area contributed by atoms with Gasteiger partial charge in [-0.05, 0) is 12.1 Å². The standard InChI is InChI=1S/C11H16N2O4/c14-5-9-11(16)10(15)8(6-17-9)13-7-1-3-12-4-2-7/h1-4,8-11,14-16H,5-6H2,(H,12,13)/t8-,9-,10-,11+/m1/s1. The van der Waals surface area contributed by atoms with E-state index in [0.29, 0.717) is 0 Å². The highest BCUT2D eigenvalue weighted by molar-refractivity contribution is 5.42. The Morgan fingerprint density at radius 1 is 1.29 bits per heavy atom. The molecule has 0 spiro atoms. The van der Waals surface area contributed by atoms with Crippen LogP contribution in [0.3, 0.4) is 0 Å². The second-order valence-electron chi connectivity index (χ2n) is 4.02. The summed E-state index contributed by atoms with van der Waals surface area (Å²) >= 11 is 0. The lowest BCUT2D eigenvalue weighted by molar-refractivity contribution is -0.152. The van der Waals surface area contributed by atoms with Crippen LogP contribution in [0.25, 0.3) is 0 Å². The molecule has 6 nitrogen and oxygen atoms in total. The molecule has 17 heavy (non-hydrogen) atoms. The molecule has 0 aliphatic carbocycles. The van der Waals surface area contributed by atoms with Crippen molar-refractivity contribution in [3.63, 3.8) is 0 Å². The summed E-state index contributed by atoms with van der Waals surface area (Å²) in [7, 11) is 0. The van der Waals surface area contributed by atoms with Gasteiger partial charge in [0.1, 0.15) is 18.3 Å². The van der Waals surface area contributed by atoms with E-state index in [9.17, 15) is 10.2 Å².